The van der Waals surface area contributed by atoms with Crippen molar-refractivity contribution in [1.29, 1.82) is 0 Å². The van der Waals surface area contributed by atoms with E-state index < -0.39 is 0 Å². The van der Waals surface area contributed by atoms with Crippen LogP contribution in [0.3, 0.4) is 0 Å². The highest BCUT2D eigenvalue weighted by atomic mass is 15.1. The first-order valence-corrected chi connectivity index (χ1v) is 9.58. The summed E-state index contributed by atoms with van der Waals surface area (Å²) in [5.74, 6) is 1.18. The van der Waals surface area contributed by atoms with Crippen molar-refractivity contribution < 1.29 is 0 Å². The second-order valence-electron chi connectivity index (χ2n) is 6.69. The van der Waals surface area contributed by atoms with Gasteiger partial charge in [0.1, 0.15) is 5.82 Å². The van der Waals surface area contributed by atoms with E-state index >= 15 is 0 Å². The molecule has 3 N–H and O–H groups in total. The van der Waals surface area contributed by atoms with Crippen molar-refractivity contribution in [2.24, 2.45) is 0 Å². The summed E-state index contributed by atoms with van der Waals surface area (Å²) in [6.45, 7) is 5.28. The lowest BCUT2D eigenvalue weighted by Gasteiger charge is -2.14. The molecule has 0 spiro atoms. The summed E-state index contributed by atoms with van der Waals surface area (Å²) in [6.07, 6.45) is 5.30. The Kier molecular flexibility index (Phi) is 6.05. The van der Waals surface area contributed by atoms with Crippen LogP contribution < -0.4 is 11.1 Å². The smallest absolute Gasteiger partial charge is 0.222 e. The topological polar surface area (TPSA) is 63.8 Å². The fraction of sp³-hybridized carbons (Fsp3) is 0.364. The number of benzene rings is 2. The van der Waals surface area contributed by atoms with Crippen LogP contribution in [0, 0.1) is 0 Å². The Bertz CT molecular complexity index is 859. The van der Waals surface area contributed by atoms with Crippen molar-refractivity contribution in [3.63, 3.8) is 0 Å². The summed E-state index contributed by atoms with van der Waals surface area (Å²) >= 11 is 0. The molecule has 0 aliphatic carbocycles. The summed E-state index contributed by atoms with van der Waals surface area (Å²) in [6, 6.07) is 15.1. The van der Waals surface area contributed by atoms with Gasteiger partial charge in [0.15, 0.2) is 0 Å². The van der Waals surface area contributed by atoms with E-state index in [2.05, 4.69) is 71.6 Å². The third kappa shape index (κ3) is 4.31. The molecular weight excluding hydrogens is 320 g/mol. The van der Waals surface area contributed by atoms with Gasteiger partial charge in [-0.2, -0.15) is 4.98 Å². The third-order valence-corrected chi connectivity index (χ3v) is 4.76. The Morgan fingerprint density at radius 3 is 2.50 bits per heavy atom. The van der Waals surface area contributed by atoms with E-state index in [1.54, 1.807) is 0 Å². The minimum absolute atomic E-state index is 0.329. The van der Waals surface area contributed by atoms with E-state index in [-0.39, 0.29) is 0 Å². The lowest BCUT2D eigenvalue weighted by Crippen LogP contribution is -2.07. The van der Waals surface area contributed by atoms with Gasteiger partial charge in [0.25, 0.3) is 0 Å². The zero-order valence-corrected chi connectivity index (χ0v) is 15.8. The van der Waals surface area contributed by atoms with Gasteiger partial charge in [-0.1, -0.05) is 50.6 Å². The summed E-state index contributed by atoms with van der Waals surface area (Å²) in [5, 5.41) is 4.50. The van der Waals surface area contributed by atoms with Gasteiger partial charge in [0.2, 0.25) is 5.95 Å². The van der Waals surface area contributed by atoms with E-state index in [1.807, 2.05) is 0 Å². The molecule has 0 unspecified atom stereocenters. The number of fused-ring (bicyclic) bond motifs is 1. The number of aromatic nitrogens is 2. The highest BCUT2D eigenvalue weighted by molar-refractivity contribution is 5.91. The van der Waals surface area contributed by atoms with E-state index in [0.717, 1.165) is 55.4 Å². The Hall–Kier alpha value is -2.62. The van der Waals surface area contributed by atoms with Gasteiger partial charge in [-0.25, -0.2) is 4.98 Å². The molecule has 1 aromatic heterocycles. The van der Waals surface area contributed by atoms with Crippen molar-refractivity contribution in [3.05, 3.63) is 59.2 Å². The molecule has 2 aromatic carbocycles. The van der Waals surface area contributed by atoms with Gasteiger partial charge in [0.05, 0.1) is 5.52 Å². The summed E-state index contributed by atoms with van der Waals surface area (Å²) in [4.78, 5) is 8.90. The van der Waals surface area contributed by atoms with Crippen LogP contribution in [0.25, 0.3) is 10.9 Å². The normalized spacial score (nSPS) is 11.0. The first-order valence-electron chi connectivity index (χ1n) is 9.58. The van der Waals surface area contributed by atoms with Gasteiger partial charge in [-0.3, -0.25) is 0 Å². The molecule has 4 nitrogen and oxygen atoms in total. The summed E-state index contributed by atoms with van der Waals surface area (Å²) < 4.78 is 0. The maximum absolute atomic E-state index is 5.93. The monoisotopic (exact) mass is 348 g/mol. The van der Waals surface area contributed by atoms with Crippen LogP contribution in [0.4, 0.5) is 11.8 Å². The molecule has 3 aromatic rings. The Morgan fingerprint density at radius 1 is 0.962 bits per heavy atom. The van der Waals surface area contributed by atoms with E-state index in [1.165, 1.54) is 16.7 Å². The fourth-order valence-electron chi connectivity index (χ4n) is 3.29. The molecule has 0 aliphatic rings. The van der Waals surface area contributed by atoms with Gasteiger partial charge in [-0.15, -0.1) is 0 Å². The second-order valence-corrected chi connectivity index (χ2v) is 6.69. The maximum Gasteiger partial charge on any atom is 0.222 e. The van der Waals surface area contributed by atoms with E-state index in [4.69, 9.17) is 5.73 Å². The molecule has 3 rings (SSSR count). The second kappa shape index (κ2) is 8.65. The van der Waals surface area contributed by atoms with Crippen molar-refractivity contribution in [2.75, 3.05) is 17.6 Å². The lowest BCUT2D eigenvalue weighted by molar-refractivity contribution is 0.832. The molecule has 0 fully saturated rings. The number of hydrogen-bond donors (Lipinski definition) is 2. The first kappa shape index (κ1) is 18.2. The molecule has 0 saturated carbocycles. The molecular formula is C22H28N4. The number of anilines is 2. The van der Waals surface area contributed by atoms with Crippen LogP contribution in [-0.2, 0) is 19.3 Å². The molecule has 0 aliphatic heterocycles. The Morgan fingerprint density at radius 2 is 1.77 bits per heavy atom. The molecule has 0 amide bonds. The predicted molar refractivity (Wildman–Crippen MR) is 111 cm³/mol. The number of nitrogens with zero attached hydrogens (tertiary/aromatic N) is 2. The zero-order valence-electron chi connectivity index (χ0n) is 15.8. The minimum Gasteiger partial charge on any atom is -0.369 e. The highest BCUT2D eigenvalue weighted by Crippen LogP contribution is 2.26. The number of hydrogen-bond acceptors (Lipinski definition) is 4. The quantitative estimate of drug-likeness (QED) is 0.576. The SMILES string of the molecule is CCCCNc1nc(N)nc2cc(CC)c(CCc3ccccc3)cc12. The number of unbranched alkanes of at least 4 members (excludes halogenated alkanes) is 1. The van der Waals surface area contributed by atoms with Gasteiger partial charge in [-0.05, 0) is 54.5 Å². The predicted octanol–water partition coefficient (Wildman–Crippen LogP) is 4.77. The fourth-order valence-corrected chi connectivity index (χ4v) is 3.29. The van der Waals surface area contributed by atoms with Crippen molar-refractivity contribution in [2.45, 2.75) is 46.0 Å². The number of nitrogens with two attached hydrogens (primary N) is 1. The molecule has 1 heterocycles. The summed E-state index contributed by atoms with van der Waals surface area (Å²) in [5.41, 5.74) is 10.9. The average Bonchev–Trinajstić information content (AvgIpc) is 2.66. The maximum atomic E-state index is 5.93. The van der Waals surface area contributed by atoms with Gasteiger partial charge in [0, 0.05) is 11.9 Å². The van der Waals surface area contributed by atoms with Gasteiger partial charge >= 0.3 is 0 Å². The van der Waals surface area contributed by atoms with E-state index in [9.17, 15) is 0 Å². The third-order valence-electron chi connectivity index (χ3n) is 4.76. The number of nitrogens with one attached hydrogen (secondary N) is 1. The standard InChI is InChI=1S/C22H28N4/c1-3-5-13-24-21-19-14-18(12-11-16-9-7-6-8-10-16)17(4-2)15-20(19)25-22(23)26-21/h6-10,14-15H,3-5,11-13H2,1-2H3,(H3,23,24,25,26). The zero-order chi connectivity index (χ0) is 18.4. The van der Waals surface area contributed by atoms with Crippen LogP contribution in [0.5, 0.6) is 0 Å². The first-order chi connectivity index (χ1) is 12.7. The van der Waals surface area contributed by atoms with E-state index in [0.29, 0.717) is 5.95 Å². The largest absolute Gasteiger partial charge is 0.369 e. The van der Waals surface area contributed by atoms with Crippen molar-refractivity contribution in [1.82, 2.24) is 9.97 Å². The van der Waals surface area contributed by atoms with Crippen LogP contribution in [0.2, 0.25) is 0 Å². The van der Waals surface area contributed by atoms with Crippen LogP contribution in [-0.4, -0.2) is 16.5 Å². The number of rotatable bonds is 8. The minimum atomic E-state index is 0.329. The van der Waals surface area contributed by atoms with Crippen molar-refractivity contribution >= 4 is 22.7 Å². The lowest BCUT2D eigenvalue weighted by atomic mass is 9.96. The molecule has 4 heteroatoms. The molecule has 26 heavy (non-hydrogen) atoms. The number of aryl methyl sites for hydroxylation is 3. The number of nitrogen functional groups attached to an aromatic ring is 1. The molecule has 0 bridgehead atoms. The van der Waals surface area contributed by atoms with Crippen LogP contribution in [0.15, 0.2) is 42.5 Å². The molecule has 0 radical (unpaired) electrons. The Balaban J connectivity index is 1.94. The van der Waals surface area contributed by atoms with Crippen LogP contribution in [0.1, 0.15) is 43.4 Å². The molecule has 0 saturated heterocycles. The van der Waals surface area contributed by atoms with Crippen molar-refractivity contribution in [3.8, 4) is 0 Å². The molecule has 0 atom stereocenters. The van der Waals surface area contributed by atoms with Gasteiger partial charge < -0.3 is 11.1 Å². The summed E-state index contributed by atoms with van der Waals surface area (Å²) in [7, 11) is 0. The average molecular weight is 348 g/mol. The van der Waals surface area contributed by atoms with Crippen LogP contribution >= 0.6 is 0 Å². The highest BCUT2D eigenvalue weighted by Gasteiger charge is 2.11. The molecule has 136 valence electrons. The Labute approximate surface area is 155 Å².